The fraction of sp³-hybridized carbons (Fsp3) is 0.556. The van der Waals surface area contributed by atoms with Crippen LogP contribution in [-0.4, -0.2) is 37.9 Å². The van der Waals surface area contributed by atoms with E-state index in [1.54, 1.807) is 7.11 Å². The number of hydrogen-bond acceptors (Lipinski definition) is 4. The van der Waals surface area contributed by atoms with Crippen LogP contribution in [0.3, 0.4) is 0 Å². The molecule has 0 radical (unpaired) electrons. The zero-order chi connectivity index (χ0) is 23.5. The van der Waals surface area contributed by atoms with Crippen molar-refractivity contribution in [3.63, 3.8) is 0 Å². The van der Waals surface area contributed by atoms with Gasteiger partial charge in [-0.05, 0) is 50.8 Å². The molecular weight excluding hydrogens is 410 g/mol. The van der Waals surface area contributed by atoms with Gasteiger partial charge in [0, 0.05) is 56.8 Å². The highest BCUT2D eigenvalue weighted by Crippen LogP contribution is 2.26. The van der Waals surface area contributed by atoms with Crippen LogP contribution >= 0.6 is 0 Å². The van der Waals surface area contributed by atoms with E-state index in [1.807, 2.05) is 12.1 Å². The molecule has 3 heterocycles. The first-order valence-electron chi connectivity index (χ1n) is 12.3. The second-order valence-electron chi connectivity index (χ2n) is 9.71. The molecule has 1 aliphatic heterocycles. The number of nitrogens with zero attached hydrogens (tertiary/aromatic N) is 5. The number of fused-ring (bicyclic) bond motifs is 1. The first kappa shape index (κ1) is 23.6. The topological polar surface area (TPSA) is 48.1 Å². The third-order valence-electron chi connectivity index (χ3n) is 6.94. The van der Waals surface area contributed by atoms with Gasteiger partial charge >= 0.3 is 0 Å². The molecule has 0 atom stereocenters. The summed E-state index contributed by atoms with van der Waals surface area (Å²) in [5, 5.41) is 4.73. The molecule has 0 fully saturated rings. The predicted molar refractivity (Wildman–Crippen MR) is 133 cm³/mol. The van der Waals surface area contributed by atoms with Crippen molar-refractivity contribution in [3.05, 3.63) is 64.0 Å². The minimum atomic E-state index is 0.684. The van der Waals surface area contributed by atoms with Crippen molar-refractivity contribution < 1.29 is 4.74 Å². The molecule has 0 N–H and O–H groups in total. The summed E-state index contributed by atoms with van der Waals surface area (Å²) in [5.74, 6) is 2.84. The number of benzene rings is 1. The van der Waals surface area contributed by atoms with E-state index in [0.29, 0.717) is 5.92 Å². The molecule has 0 saturated carbocycles. The average Bonchev–Trinajstić information content (AvgIpc) is 3.29. The smallest absolute Gasteiger partial charge is 0.118 e. The number of ether oxygens (including phenoxy) is 1. The maximum absolute atomic E-state index is 5.33. The Morgan fingerprint density at radius 3 is 2.48 bits per heavy atom. The van der Waals surface area contributed by atoms with Crippen LogP contribution in [0.5, 0.6) is 5.75 Å². The largest absolute Gasteiger partial charge is 0.497 e. The average molecular weight is 450 g/mol. The second-order valence-corrected chi connectivity index (χ2v) is 9.71. The van der Waals surface area contributed by atoms with E-state index in [-0.39, 0.29) is 0 Å². The zero-order valence-corrected chi connectivity index (χ0v) is 21.2. The zero-order valence-electron chi connectivity index (χ0n) is 21.2. The van der Waals surface area contributed by atoms with Gasteiger partial charge in [-0.25, -0.2) is 4.98 Å². The Morgan fingerprint density at radius 1 is 1.09 bits per heavy atom. The molecule has 3 aromatic rings. The lowest BCUT2D eigenvalue weighted by atomic mass is 10.1. The molecule has 0 aliphatic carbocycles. The highest BCUT2D eigenvalue weighted by atomic mass is 16.5. The Morgan fingerprint density at radius 2 is 1.85 bits per heavy atom. The third-order valence-corrected chi connectivity index (χ3v) is 6.94. The summed E-state index contributed by atoms with van der Waals surface area (Å²) in [6.07, 6.45) is 3.09. The van der Waals surface area contributed by atoms with Crippen molar-refractivity contribution >= 4 is 0 Å². The van der Waals surface area contributed by atoms with E-state index in [1.165, 1.54) is 40.5 Å². The maximum Gasteiger partial charge on any atom is 0.118 e. The van der Waals surface area contributed by atoms with Crippen LogP contribution in [0.1, 0.15) is 66.9 Å². The Kier molecular flexibility index (Phi) is 7.23. The Bertz CT molecular complexity index is 1080. The summed E-state index contributed by atoms with van der Waals surface area (Å²) in [6.45, 7) is 16.0. The molecule has 178 valence electrons. The summed E-state index contributed by atoms with van der Waals surface area (Å²) in [4.78, 5) is 7.75. The molecule has 6 heteroatoms. The van der Waals surface area contributed by atoms with Crippen molar-refractivity contribution in [2.75, 3.05) is 13.7 Å². The number of rotatable bonds is 9. The first-order chi connectivity index (χ1) is 15.9. The van der Waals surface area contributed by atoms with Gasteiger partial charge in [0.25, 0.3) is 0 Å². The van der Waals surface area contributed by atoms with Crippen LogP contribution in [0.25, 0.3) is 0 Å². The van der Waals surface area contributed by atoms with Gasteiger partial charge in [-0.15, -0.1) is 0 Å². The van der Waals surface area contributed by atoms with Crippen LogP contribution in [0.15, 0.2) is 24.3 Å². The quantitative estimate of drug-likeness (QED) is 0.465. The summed E-state index contributed by atoms with van der Waals surface area (Å²) in [6, 6.07) is 8.40. The SMILES string of the molecule is CCn1nc(C)c(CN2CCn3c(CCC(C)C)nc(Cc4ccc(OC)cc4)c3C2)c1C. The highest BCUT2D eigenvalue weighted by molar-refractivity contribution is 5.32. The lowest BCUT2D eigenvalue weighted by Gasteiger charge is -2.29. The molecule has 4 rings (SSSR count). The van der Waals surface area contributed by atoms with Gasteiger partial charge in [0.2, 0.25) is 0 Å². The Balaban J connectivity index is 1.59. The lowest BCUT2D eigenvalue weighted by Crippen LogP contribution is -2.34. The van der Waals surface area contributed by atoms with Crippen LogP contribution in [0, 0.1) is 19.8 Å². The van der Waals surface area contributed by atoms with Crippen molar-refractivity contribution in [2.45, 2.75) is 80.1 Å². The molecular formula is C27H39N5O. The second kappa shape index (κ2) is 10.1. The number of aromatic nitrogens is 4. The summed E-state index contributed by atoms with van der Waals surface area (Å²) < 4.78 is 9.96. The van der Waals surface area contributed by atoms with Gasteiger partial charge in [-0.3, -0.25) is 9.58 Å². The summed E-state index contributed by atoms with van der Waals surface area (Å²) >= 11 is 0. The molecule has 6 nitrogen and oxygen atoms in total. The van der Waals surface area contributed by atoms with E-state index < -0.39 is 0 Å². The summed E-state index contributed by atoms with van der Waals surface area (Å²) in [7, 11) is 1.71. The predicted octanol–water partition coefficient (Wildman–Crippen LogP) is 4.92. The van der Waals surface area contributed by atoms with Gasteiger partial charge in [0.15, 0.2) is 0 Å². The molecule has 0 bridgehead atoms. The third kappa shape index (κ3) is 5.16. The molecule has 0 spiro atoms. The van der Waals surface area contributed by atoms with Gasteiger partial charge in [0.1, 0.15) is 11.6 Å². The fourth-order valence-corrected chi connectivity index (χ4v) is 4.88. The van der Waals surface area contributed by atoms with Gasteiger partial charge in [-0.1, -0.05) is 26.0 Å². The van der Waals surface area contributed by atoms with E-state index in [4.69, 9.17) is 14.8 Å². The monoisotopic (exact) mass is 449 g/mol. The van der Waals surface area contributed by atoms with E-state index in [9.17, 15) is 0 Å². The molecule has 0 amide bonds. The van der Waals surface area contributed by atoms with Crippen molar-refractivity contribution in [1.29, 1.82) is 0 Å². The van der Waals surface area contributed by atoms with Crippen LogP contribution in [0.4, 0.5) is 0 Å². The fourth-order valence-electron chi connectivity index (χ4n) is 4.88. The molecule has 33 heavy (non-hydrogen) atoms. The summed E-state index contributed by atoms with van der Waals surface area (Å²) in [5.41, 5.74) is 7.71. The minimum absolute atomic E-state index is 0.684. The molecule has 0 saturated heterocycles. The van der Waals surface area contributed by atoms with Crippen molar-refractivity contribution in [1.82, 2.24) is 24.2 Å². The van der Waals surface area contributed by atoms with E-state index in [2.05, 4.69) is 60.9 Å². The standard InChI is InChI=1S/C27H39N5O/c1-7-32-21(5)24(20(4)29-32)17-30-14-15-31-26(18-30)25(28-27(31)13-8-19(2)3)16-22-9-11-23(33-6)12-10-22/h9-12,19H,7-8,13-18H2,1-6H3. The van der Waals surface area contributed by atoms with Gasteiger partial charge in [0.05, 0.1) is 24.2 Å². The molecule has 1 aromatic carbocycles. The Labute approximate surface area is 198 Å². The van der Waals surface area contributed by atoms with Gasteiger partial charge in [-0.2, -0.15) is 5.10 Å². The van der Waals surface area contributed by atoms with Crippen LogP contribution < -0.4 is 4.74 Å². The number of methoxy groups -OCH3 is 1. The first-order valence-corrected chi connectivity index (χ1v) is 12.3. The van der Waals surface area contributed by atoms with Crippen LogP contribution in [0.2, 0.25) is 0 Å². The van der Waals surface area contributed by atoms with Crippen LogP contribution in [-0.2, 0) is 39.0 Å². The molecule has 0 unspecified atom stereocenters. The lowest BCUT2D eigenvalue weighted by molar-refractivity contribution is 0.209. The van der Waals surface area contributed by atoms with Crippen molar-refractivity contribution in [2.24, 2.45) is 5.92 Å². The minimum Gasteiger partial charge on any atom is -0.497 e. The normalized spacial score (nSPS) is 14.2. The van der Waals surface area contributed by atoms with E-state index >= 15 is 0 Å². The Hall–Kier alpha value is -2.60. The van der Waals surface area contributed by atoms with E-state index in [0.717, 1.165) is 57.0 Å². The number of aryl methyl sites for hydroxylation is 3. The van der Waals surface area contributed by atoms with Gasteiger partial charge < -0.3 is 9.30 Å². The van der Waals surface area contributed by atoms with Crippen molar-refractivity contribution in [3.8, 4) is 5.75 Å². The maximum atomic E-state index is 5.33. The number of hydrogen-bond donors (Lipinski definition) is 0. The highest BCUT2D eigenvalue weighted by Gasteiger charge is 2.25. The molecule has 1 aliphatic rings. The number of imidazole rings is 1. The molecule has 2 aromatic heterocycles.